The fraction of sp³-hybridized carbons (Fsp3) is 0.562. The van der Waals surface area contributed by atoms with Gasteiger partial charge in [0.1, 0.15) is 5.75 Å². The zero-order chi connectivity index (χ0) is 15.1. The van der Waals surface area contributed by atoms with Gasteiger partial charge in [-0.1, -0.05) is 32.9 Å². The van der Waals surface area contributed by atoms with Crippen LogP contribution in [0.2, 0.25) is 0 Å². The summed E-state index contributed by atoms with van der Waals surface area (Å²) < 4.78 is 0. The Hall–Kier alpha value is -1.55. The second-order valence-corrected chi connectivity index (χ2v) is 5.74. The third-order valence-electron chi connectivity index (χ3n) is 3.65. The molecule has 0 aliphatic heterocycles. The van der Waals surface area contributed by atoms with Crippen LogP contribution in [0.5, 0.6) is 5.75 Å². The van der Waals surface area contributed by atoms with E-state index in [1.54, 1.807) is 24.3 Å². The molecule has 4 nitrogen and oxygen atoms in total. The Morgan fingerprint density at radius 2 is 1.80 bits per heavy atom. The van der Waals surface area contributed by atoms with E-state index in [-0.39, 0.29) is 24.3 Å². The predicted octanol–water partition coefficient (Wildman–Crippen LogP) is 2.09. The molecule has 1 amide bonds. The number of aliphatic hydroxyl groups excluding tert-OH is 1. The lowest BCUT2D eigenvalue weighted by molar-refractivity contribution is -0.123. The number of phenolic OH excluding ortho intramolecular Hbond substituents is 1. The summed E-state index contributed by atoms with van der Waals surface area (Å²) in [4.78, 5) is 11.9. The highest BCUT2D eigenvalue weighted by Crippen LogP contribution is 2.14. The molecule has 20 heavy (non-hydrogen) atoms. The lowest BCUT2D eigenvalue weighted by Gasteiger charge is -2.19. The van der Waals surface area contributed by atoms with Gasteiger partial charge in [0, 0.05) is 6.42 Å². The van der Waals surface area contributed by atoms with Gasteiger partial charge in [0.25, 0.3) is 0 Å². The zero-order valence-corrected chi connectivity index (χ0v) is 12.5. The number of hydrogen-bond acceptors (Lipinski definition) is 3. The number of benzene rings is 1. The van der Waals surface area contributed by atoms with E-state index in [4.69, 9.17) is 0 Å². The summed E-state index contributed by atoms with van der Waals surface area (Å²) in [6, 6.07) is 6.51. The highest BCUT2D eigenvalue weighted by atomic mass is 16.3. The number of carbonyl (C=O) groups excluding carboxylic acids is 1. The van der Waals surface area contributed by atoms with Crippen LogP contribution in [0.4, 0.5) is 0 Å². The van der Waals surface area contributed by atoms with Gasteiger partial charge in [-0.15, -0.1) is 0 Å². The van der Waals surface area contributed by atoms with Crippen LogP contribution in [0.25, 0.3) is 0 Å². The van der Waals surface area contributed by atoms with Crippen LogP contribution >= 0.6 is 0 Å². The molecule has 0 saturated heterocycles. The van der Waals surface area contributed by atoms with Gasteiger partial charge in [-0.3, -0.25) is 4.79 Å². The number of hydrogen-bond donors (Lipinski definition) is 3. The Labute approximate surface area is 120 Å². The van der Waals surface area contributed by atoms with Crippen LogP contribution in [0.1, 0.15) is 32.8 Å². The van der Waals surface area contributed by atoms with Gasteiger partial charge in [-0.25, -0.2) is 0 Å². The first kappa shape index (κ1) is 16.5. The van der Waals surface area contributed by atoms with E-state index in [9.17, 15) is 15.0 Å². The van der Waals surface area contributed by atoms with Gasteiger partial charge >= 0.3 is 0 Å². The summed E-state index contributed by atoms with van der Waals surface area (Å²) in [5, 5.41) is 21.5. The Balaban J connectivity index is 2.50. The fourth-order valence-corrected chi connectivity index (χ4v) is 1.89. The first-order valence-corrected chi connectivity index (χ1v) is 7.10. The van der Waals surface area contributed by atoms with E-state index in [0.29, 0.717) is 24.7 Å². The average Bonchev–Trinajstić information content (AvgIpc) is 2.40. The Kier molecular flexibility index (Phi) is 6.52. The molecule has 0 aromatic heterocycles. The lowest BCUT2D eigenvalue weighted by Crippen LogP contribution is -2.39. The van der Waals surface area contributed by atoms with Gasteiger partial charge in [-0.05, 0) is 36.0 Å². The molecule has 1 aromatic carbocycles. The number of aliphatic hydroxyl groups is 1. The van der Waals surface area contributed by atoms with Crippen molar-refractivity contribution >= 4 is 5.91 Å². The van der Waals surface area contributed by atoms with Crippen molar-refractivity contribution in [1.29, 1.82) is 0 Å². The molecule has 0 saturated carbocycles. The minimum Gasteiger partial charge on any atom is -0.508 e. The number of carbonyl (C=O) groups is 1. The summed E-state index contributed by atoms with van der Waals surface area (Å²) in [5.41, 5.74) is 0.971. The molecule has 0 heterocycles. The molecular formula is C16H25NO3. The van der Waals surface area contributed by atoms with Gasteiger partial charge in [-0.2, -0.15) is 0 Å². The molecule has 3 N–H and O–H groups in total. The normalized spacial score (nSPS) is 14.1. The van der Waals surface area contributed by atoms with Crippen LogP contribution in [-0.2, 0) is 11.2 Å². The highest BCUT2D eigenvalue weighted by molar-refractivity contribution is 5.76. The number of aromatic hydroxyl groups is 1. The van der Waals surface area contributed by atoms with Gasteiger partial charge in [0.05, 0.1) is 12.6 Å². The van der Waals surface area contributed by atoms with E-state index in [1.807, 2.05) is 0 Å². The molecule has 1 unspecified atom stereocenters. The summed E-state index contributed by atoms with van der Waals surface area (Å²) >= 11 is 0. The van der Waals surface area contributed by atoms with Gasteiger partial charge in [0.15, 0.2) is 0 Å². The molecule has 0 fully saturated rings. The smallest absolute Gasteiger partial charge is 0.220 e. The van der Waals surface area contributed by atoms with E-state index < -0.39 is 0 Å². The Morgan fingerprint density at radius 1 is 1.20 bits per heavy atom. The van der Waals surface area contributed by atoms with E-state index in [2.05, 4.69) is 26.1 Å². The Morgan fingerprint density at radius 3 is 2.30 bits per heavy atom. The molecule has 0 aliphatic carbocycles. The van der Waals surface area contributed by atoms with Crippen molar-refractivity contribution < 1.29 is 15.0 Å². The topological polar surface area (TPSA) is 69.6 Å². The monoisotopic (exact) mass is 279 g/mol. The van der Waals surface area contributed by atoms with Crippen molar-refractivity contribution in [2.75, 3.05) is 6.61 Å². The minimum absolute atomic E-state index is 0.0240. The van der Waals surface area contributed by atoms with Gasteiger partial charge < -0.3 is 15.5 Å². The van der Waals surface area contributed by atoms with Crippen LogP contribution in [0.15, 0.2) is 24.3 Å². The summed E-state index contributed by atoms with van der Waals surface area (Å²) in [6.45, 7) is 6.15. The van der Waals surface area contributed by atoms with Gasteiger partial charge in [0.2, 0.25) is 5.91 Å². The zero-order valence-electron chi connectivity index (χ0n) is 12.5. The van der Waals surface area contributed by atoms with Crippen molar-refractivity contribution in [3.63, 3.8) is 0 Å². The first-order chi connectivity index (χ1) is 9.42. The predicted molar refractivity (Wildman–Crippen MR) is 79.4 cm³/mol. The second-order valence-electron chi connectivity index (χ2n) is 5.74. The molecule has 1 rings (SSSR count). The van der Waals surface area contributed by atoms with Crippen LogP contribution in [-0.4, -0.2) is 28.8 Å². The largest absolute Gasteiger partial charge is 0.508 e. The maximum absolute atomic E-state index is 11.9. The van der Waals surface area contributed by atoms with Crippen molar-refractivity contribution in [3.05, 3.63) is 29.8 Å². The summed E-state index contributed by atoms with van der Waals surface area (Å²) in [7, 11) is 0. The molecule has 4 heteroatoms. The van der Waals surface area contributed by atoms with E-state index >= 15 is 0 Å². The molecule has 0 aliphatic rings. The van der Waals surface area contributed by atoms with Crippen molar-refractivity contribution in [2.24, 2.45) is 11.8 Å². The Bertz CT molecular complexity index is 414. The number of nitrogens with one attached hydrogen (secondary N) is 1. The summed E-state index contributed by atoms with van der Waals surface area (Å²) in [5.74, 6) is 0.974. The quantitative estimate of drug-likeness (QED) is 0.716. The van der Waals surface area contributed by atoms with E-state index in [1.165, 1.54) is 0 Å². The molecule has 112 valence electrons. The highest BCUT2D eigenvalue weighted by Gasteiger charge is 2.16. The SMILES string of the molecule is CC(C)C(C)CC(=O)N[C@H](CO)Cc1ccc(O)cc1. The first-order valence-electron chi connectivity index (χ1n) is 7.10. The third-order valence-corrected chi connectivity index (χ3v) is 3.65. The van der Waals surface area contributed by atoms with Crippen LogP contribution in [0.3, 0.4) is 0 Å². The standard InChI is InChI=1S/C16H25NO3/c1-11(2)12(3)8-16(20)17-14(10-18)9-13-4-6-15(19)7-5-13/h4-7,11-12,14,18-19H,8-10H2,1-3H3,(H,17,20)/t12?,14-/m0/s1. The molecule has 0 bridgehead atoms. The van der Waals surface area contributed by atoms with E-state index in [0.717, 1.165) is 5.56 Å². The second kappa shape index (κ2) is 7.90. The maximum Gasteiger partial charge on any atom is 0.220 e. The lowest BCUT2D eigenvalue weighted by atomic mass is 9.94. The van der Waals surface area contributed by atoms with Crippen molar-refractivity contribution in [3.8, 4) is 5.75 Å². The van der Waals surface area contributed by atoms with Crippen LogP contribution in [0, 0.1) is 11.8 Å². The molecule has 0 radical (unpaired) electrons. The minimum atomic E-state index is -0.286. The number of amides is 1. The van der Waals surface area contributed by atoms with Crippen molar-refractivity contribution in [2.45, 2.75) is 39.7 Å². The molecule has 0 spiro atoms. The summed E-state index contributed by atoms with van der Waals surface area (Å²) in [6.07, 6.45) is 1.03. The maximum atomic E-state index is 11.9. The molecule has 1 aromatic rings. The van der Waals surface area contributed by atoms with Crippen molar-refractivity contribution in [1.82, 2.24) is 5.32 Å². The number of rotatable bonds is 7. The van der Waals surface area contributed by atoms with Crippen LogP contribution < -0.4 is 5.32 Å². The fourth-order valence-electron chi connectivity index (χ4n) is 1.89. The molecule has 2 atom stereocenters. The molecular weight excluding hydrogens is 254 g/mol. The average molecular weight is 279 g/mol. The third kappa shape index (κ3) is 5.61. The number of phenols is 1.